The van der Waals surface area contributed by atoms with Crippen LogP contribution in [0.5, 0.6) is 0 Å². The molecule has 1 saturated heterocycles. The molecule has 2 rings (SSSR count). The van der Waals surface area contributed by atoms with Crippen LogP contribution in [0.4, 0.5) is 5.69 Å². The lowest BCUT2D eigenvalue weighted by Gasteiger charge is -2.32. The lowest BCUT2D eigenvalue weighted by molar-refractivity contribution is -0.122. The maximum Gasteiger partial charge on any atom is 0.220 e. The van der Waals surface area contributed by atoms with Crippen molar-refractivity contribution in [1.29, 1.82) is 0 Å². The molecule has 0 bridgehead atoms. The summed E-state index contributed by atoms with van der Waals surface area (Å²) in [6.45, 7) is 3.57. The molecule has 5 nitrogen and oxygen atoms in total. The fourth-order valence-corrected chi connectivity index (χ4v) is 2.41. The second-order valence-corrected chi connectivity index (χ2v) is 5.03. The summed E-state index contributed by atoms with van der Waals surface area (Å²) in [5.41, 5.74) is 7.07. The predicted molar refractivity (Wildman–Crippen MR) is 73.6 cm³/mol. The van der Waals surface area contributed by atoms with E-state index >= 15 is 0 Å². The van der Waals surface area contributed by atoms with Gasteiger partial charge in [-0.1, -0.05) is 6.92 Å². The minimum Gasteiger partial charge on any atom is -0.387 e. The maximum absolute atomic E-state index is 11.1. The molecular formula is C14H21N3O2. The van der Waals surface area contributed by atoms with Crippen molar-refractivity contribution < 1.29 is 9.90 Å². The van der Waals surface area contributed by atoms with Gasteiger partial charge >= 0.3 is 0 Å². The predicted octanol–water partition coefficient (Wildman–Crippen LogP) is 1.23. The summed E-state index contributed by atoms with van der Waals surface area (Å²) >= 11 is 0. The highest BCUT2D eigenvalue weighted by Gasteiger charge is 2.23. The van der Waals surface area contributed by atoms with Gasteiger partial charge in [0.15, 0.2) is 0 Å². The summed E-state index contributed by atoms with van der Waals surface area (Å²) in [5, 5.41) is 9.70. The zero-order valence-corrected chi connectivity index (χ0v) is 11.2. The number of aliphatic hydroxyl groups excluding tert-OH is 1. The first kappa shape index (κ1) is 13.8. The van der Waals surface area contributed by atoms with Crippen molar-refractivity contribution in [3.8, 4) is 0 Å². The smallest absolute Gasteiger partial charge is 0.220 e. The summed E-state index contributed by atoms with van der Waals surface area (Å²) in [4.78, 5) is 17.6. The number of primary amides is 1. The molecule has 0 unspecified atom stereocenters. The van der Waals surface area contributed by atoms with Crippen LogP contribution in [0.15, 0.2) is 18.3 Å². The highest BCUT2D eigenvalue weighted by molar-refractivity contribution is 5.77. The zero-order valence-electron chi connectivity index (χ0n) is 11.2. The van der Waals surface area contributed by atoms with Crippen LogP contribution in [0.3, 0.4) is 0 Å². The highest BCUT2D eigenvalue weighted by Crippen LogP contribution is 2.23. The van der Waals surface area contributed by atoms with Crippen LogP contribution in [-0.4, -0.2) is 29.1 Å². The Hall–Kier alpha value is -1.62. The van der Waals surface area contributed by atoms with Gasteiger partial charge in [-0.05, 0) is 31.4 Å². The van der Waals surface area contributed by atoms with E-state index in [0.29, 0.717) is 12.1 Å². The average Bonchev–Trinajstić information content (AvgIpc) is 2.46. The van der Waals surface area contributed by atoms with Gasteiger partial charge in [-0.15, -0.1) is 0 Å². The number of aromatic nitrogens is 1. The summed E-state index contributed by atoms with van der Waals surface area (Å²) in [7, 11) is 0. The van der Waals surface area contributed by atoms with Crippen LogP contribution in [0.25, 0.3) is 0 Å². The number of carbonyl (C=O) groups excluding carboxylic acids is 1. The molecular weight excluding hydrogens is 242 g/mol. The van der Waals surface area contributed by atoms with Crippen molar-refractivity contribution in [3.05, 3.63) is 24.0 Å². The number of nitrogens with zero attached hydrogens (tertiary/aromatic N) is 2. The van der Waals surface area contributed by atoms with E-state index in [0.717, 1.165) is 31.6 Å². The normalized spacial score (nSPS) is 18.3. The van der Waals surface area contributed by atoms with Crippen LogP contribution in [0.1, 0.15) is 38.0 Å². The van der Waals surface area contributed by atoms with Gasteiger partial charge in [0.2, 0.25) is 5.91 Å². The summed E-state index contributed by atoms with van der Waals surface area (Å²) < 4.78 is 0. The van der Waals surface area contributed by atoms with Crippen LogP contribution in [-0.2, 0) is 4.79 Å². The first-order valence-electron chi connectivity index (χ1n) is 6.80. The summed E-state index contributed by atoms with van der Waals surface area (Å²) in [5.74, 6) is -0.190. The van der Waals surface area contributed by atoms with Crippen molar-refractivity contribution in [3.63, 3.8) is 0 Å². The van der Waals surface area contributed by atoms with Gasteiger partial charge in [0.05, 0.1) is 23.7 Å². The van der Waals surface area contributed by atoms with Crippen LogP contribution >= 0.6 is 0 Å². The number of amides is 1. The number of carbonyl (C=O) groups is 1. The molecule has 1 atom stereocenters. The molecule has 0 aliphatic carbocycles. The van der Waals surface area contributed by atoms with Gasteiger partial charge in [0.25, 0.3) is 0 Å². The standard InChI is InChI=1S/C14H21N3O2/c1-2-13(18)12-4-3-11(9-16-12)17-7-5-10(6-8-17)14(15)19/h3-4,9-10,13,18H,2,5-8H2,1H3,(H2,15,19)/t13-/m0/s1. The molecule has 1 fully saturated rings. The lowest BCUT2D eigenvalue weighted by Crippen LogP contribution is -2.38. The Balaban J connectivity index is 1.98. The molecule has 1 aromatic heterocycles. The Labute approximate surface area is 113 Å². The SMILES string of the molecule is CC[C@H](O)c1ccc(N2CCC(C(N)=O)CC2)cn1. The third kappa shape index (κ3) is 3.23. The van der Waals surface area contributed by atoms with E-state index in [9.17, 15) is 9.90 Å². The summed E-state index contributed by atoms with van der Waals surface area (Å²) in [6, 6.07) is 3.84. The number of piperidine rings is 1. The third-order valence-corrected chi connectivity index (χ3v) is 3.76. The van der Waals surface area contributed by atoms with Gasteiger partial charge in [0, 0.05) is 19.0 Å². The fourth-order valence-electron chi connectivity index (χ4n) is 2.41. The molecule has 2 heterocycles. The van der Waals surface area contributed by atoms with Gasteiger partial charge in [0.1, 0.15) is 0 Å². The first-order valence-corrected chi connectivity index (χ1v) is 6.80. The highest BCUT2D eigenvalue weighted by atomic mass is 16.3. The number of nitrogens with two attached hydrogens (primary N) is 1. The molecule has 104 valence electrons. The molecule has 19 heavy (non-hydrogen) atoms. The van der Waals surface area contributed by atoms with Crippen molar-refractivity contribution in [2.24, 2.45) is 11.7 Å². The lowest BCUT2D eigenvalue weighted by atomic mass is 9.96. The molecule has 0 aromatic carbocycles. The fraction of sp³-hybridized carbons (Fsp3) is 0.571. The van der Waals surface area contributed by atoms with E-state index in [1.54, 1.807) is 6.20 Å². The van der Waals surface area contributed by atoms with E-state index in [4.69, 9.17) is 5.73 Å². The number of hydrogen-bond donors (Lipinski definition) is 2. The molecule has 1 aliphatic rings. The van der Waals surface area contributed by atoms with Crippen molar-refractivity contribution in [2.75, 3.05) is 18.0 Å². The Morgan fingerprint density at radius 2 is 2.21 bits per heavy atom. The molecule has 0 saturated carbocycles. The monoisotopic (exact) mass is 263 g/mol. The van der Waals surface area contributed by atoms with Crippen molar-refractivity contribution >= 4 is 11.6 Å². The van der Waals surface area contributed by atoms with Gasteiger partial charge in [-0.3, -0.25) is 9.78 Å². The largest absolute Gasteiger partial charge is 0.387 e. The quantitative estimate of drug-likeness (QED) is 0.856. The Morgan fingerprint density at radius 3 is 2.68 bits per heavy atom. The van der Waals surface area contributed by atoms with E-state index < -0.39 is 6.10 Å². The third-order valence-electron chi connectivity index (χ3n) is 3.76. The molecule has 1 amide bonds. The Kier molecular flexibility index (Phi) is 4.37. The van der Waals surface area contributed by atoms with Crippen molar-refractivity contribution in [1.82, 2.24) is 4.98 Å². The molecule has 1 aromatic rings. The molecule has 0 radical (unpaired) electrons. The second-order valence-electron chi connectivity index (χ2n) is 5.03. The van der Waals surface area contributed by atoms with Crippen LogP contribution in [0, 0.1) is 5.92 Å². The van der Waals surface area contributed by atoms with Gasteiger partial charge in [-0.2, -0.15) is 0 Å². The Morgan fingerprint density at radius 1 is 1.53 bits per heavy atom. The average molecular weight is 263 g/mol. The van der Waals surface area contributed by atoms with E-state index in [2.05, 4.69) is 9.88 Å². The van der Waals surface area contributed by atoms with E-state index in [-0.39, 0.29) is 11.8 Å². The molecule has 5 heteroatoms. The minimum atomic E-state index is -0.491. The number of anilines is 1. The first-order chi connectivity index (χ1) is 9.11. The summed E-state index contributed by atoms with van der Waals surface area (Å²) in [6.07, 6.45) is 3.56. The van der Waals surface area contributed by atoms with Gasteiger partial charge in [-0.25, -0.2) is 0 Å². The number of aliphatic hydroxyl groups is 1. The molecule has 0 spiro atoms. The minimum absolute atomic E-state index is 0.00500. The van der Waals surface area contributed by atoms with Gasteiger partial charge < -0.3 is 15.7 Å². The number of rotatable bonds is 4. The zero-order chi connectivity index (χ0) is 13.8. The van der Waals surface area contributed by atoms with Crippen LogP contribution in [0.2, 0.25) is 0 Å². The van der Waals surface area contributed by atoms with E-state index in [1.807, 2.05) is 19.1 Å². The second kappa shape index (κ2) is 6.02. The number of pyridine rings is 1. The van der Waals surface area contributed by atoms with Crippen LogP contribution < -0.4 is 10.6 Å². The topological polar surface area (TPSA) is 79.5 Å². The van der Waals surface area contributed by atoms with Crippen molar-refractivity contribution in [2.45, 2.75) is 32.3 Å². The van der Waals surface area contributed by atoms with E-state index in [1.165, 1.54) is 0 Å². The molecule has 1 aliphatic heterocycles. The maximum atomic E-state index is 11.1. The number of hydrogen-bond acceptors (Lipinski definition) is 4. The molecule has 3 N–H and O–H groups in total. The Bertz CT molecular complexity index is 425.